The van der Waals surface area contributed by atoms with Gasteiger partial charge in [-0.05, 0) is 43.3 Å². The van der Waals surface area contributed by atoms with Gasteiger partial charge in [0, 0.05) is 22.2 Å². The summed E-state index contributed by atoms with van der Waals surface area (Å²) < 4.78 is 44.7. The summed E-state index contributed by atoms with van der Waals surface area (Å²) in [6.45, 7) is 0.921. The maximum absolute atomic E-state index is 15.2. The largest absolute Gasteiger partial charge is 0.380 e. The number of fused-ring (bicyclic) bond motifs is 1. The van der Waals surface area contributed by atoms with E-state index in [4.69, 9.17) is 0 Å². The van der Waals surface area contributed by atoms with E-state index in [0.29, 0.717) is 5.69 Å². The van der Waals surface area contributed by atoms with E-state index in [0.717, 1.165) is 24.3 Å². The number of aliphatic hydroxyl groups excluding tert-OH is 1. The van der Waals surface area contributed by atoms with Crippen molar-refractivity contribution in [3.05, 3.63) is 81.2 Å². The number of rotatable bonds is 7. The number of nitrogens with zero attached hydrogens (tertiary/aromatic N) is 5. The summed E-state index contributed by atoms with van der Waals surface area (Å²) in [5.74, 6) is -5.20. The first-order valence-corrected chi connectivity index (χ1v) is 9.28. The van der Waals surface area contributed by atoms with Gasteiger partial charge < -0.3 is 10.4 Å². The van der Waals surface area contributed by atoms with E-state index in [1.54, 1.807) is 13.0 Å². The molecule has 1 aromatic carbocycles. The summed E-state index contributed by atoms with van der Waals surface area (Å²) in [7, 11) is 0. The number of benzene rings is 1. The Kier molecular flexibility index (Phi) is 5.26. The SMILES string of the molecule is Cc1cc(Nc2nc(C(F)(F)c3ccc(F)cc3)nc3ccc(C(O)C[N+](=O)[O-])n23)n[nH]1. The minimum atomic E-state index is -3.68. The van der Waals surface area contributed by atoms with Gasteiger partial charge in [-0.15, -0.1) is 0 Å². The molecule has 3 aromatic heterocycles. The molecule has 4 rings (SSSR count). The van der Waals surface area contributed by atoms with E-state index < -0.39 is 40.7 Å². The van der Waals surface area contributed by atoms with Crippen LogP contribution in [-0.4, -0.2) is 41.1 Å². The highest BCUT2D eigenvalue weighted by Gasteiger charge is 2.39. The van der Waals surface area contributed by atoms with Crippen LogP contribution >= 0.6 is 0 Å². The van der Waals surface area contributed by atoms with Gasteiger partial charge in [-0.25, -0.2) is 9.37 Å². The second-order valence-electron chi connectivity index (χ2n) is 7.00. The van der Waals surface area contributed by atoms with Crippen LogP contribution in [-0.2, 0) is 5.92 Å². The molecule has 0 aliphatic rings. The smallest absolute Gasteiger partial charge is 0.331 e. The number of hydrogen-bond donors (Lipinski definition) is 3. The molecule has 10 nitrogen and oxygen atoms in total. The third-order valence-corrected chi connectivity index (χ3v) is 4.63. The number of aromatic amines is 1. The number of aliphatic hydroxyl groups is 1. The van der Waals surface area contributed by atoms with Gasteiger partial charge in [-0.1, -0.05) is 0 Å². The maximum atomic E-state index is 15.2. The lowest BCUT2D eigenvalue weighted by Gasteiger charge is -2.18. The molecule has 1 unspecified atom stereocenters. The number of H-pyrrole nitrogens is 1. The molecule has 0 bridgehead atoms. The predicted molar refractivity (Wildman–Crippen MR) is 106 cm³/mol. The molecular formula is C19H16F3N7O3. The molecule has 0 aliphatic heterocycles. The average molecular weight is 447 g/mol. The molecular weight excluding hydrogens is 431 g/mol. The van der Waals surface area contributed by atoms with Gasteiger partial charge in [-0.2, -0.15) is 18.9 Å². The van der Waals surface area contributed by atoms with Gasteiger partial charge in [0.15, 0.2) is 11.9 Å². The van der Waals surface area contributed by atoms with E-state index in [1.807, 2.05) is 0 Å². The first kappa shape index (κ1) is 21.2. The quantitative estimate of drug-likeness (QED) is 0.293. The molecule has 0 aliphatic carbocycles. The average Bonchev–Trinajstić information content (AvgIpc) is 3.34. The van der Waals surface area contributed by atoms with Crippen LogP contribution in [0, 0.1) is 22.9 Å². The lowest BCUT2D eigenvalue weighted by atomic mass is 10.1. The number of alkyl halides is 2. The second kappa shape index (κ2) is 7.92. The van der Waals surface area contributed by atoms with Crippen LogP contribution in [0.15, 0.2) is 42.5 Å². The Bertz CT molecular complexity index is 1290. The highest BCUT2D eigenvalue weighted by Crippen LogP contribution is 2.35. The lowest BCUT2D eigenvalue weighted by Crippen LogP contribution is -2.22. The molecule has 32 heavy (non-hydrogen) atoms. The summed E-state index contributed by atoms with van der Waals surface area (Å²) >= 11 is 0. The zero-order chi connectivity index (χ0) is 23.0. The zero-order valence-electron chi connectivity index (χ0n) is 16.5. The van der Waals surface area contributed by atoms with E-state index in [2.05, 4.69) is 25.5 Å². The van der Waals surface area contributed by atoms with E-state index in [1.165, 1.54) is 16.5 Å². The highest BCUT2D eigenvalue weighted by atomic mass is 19.3. The molecule has 166 valence electrons. The normalized spacial score (nSPS) is 12.8. The van der Waals surface area contributed by atoms with Gasteiger partial charge in [0.25, 0.3) is 0 Å². The second-order valence-corrected chi connectivity index (χ2v) is 7.00. The zero-order valence-corrected chi connectivity index (χ0v) is 16.5. The summed E-state index contributed by atoms with van der Waals surface area (Å²) in [4.78, 5) is 18.0. The Morgan fingerprint density at radius 1 is 1.25 bits per heavy atom. The van der Waals surface area contributed by atoms with Crippen LogP contribution in [0.3, 0.4) is 0 Å². The fourth-order valence-electron chi connectivity index (χ4n) is 3.15. The number of anilines is 2. The highest BCUT2D eigenvalue weighted by molar-refractivity contribution is 5.56. The van der Waals surface area contributed by atoms with Crippen LogP contribution in [0.4, 0.5) is 24.9 Å². The molecule has 0 saturated carbocycles. The number of nitro groups is 1. The Balaban J connectivity index is 1.87. The minimum absolute atomic E-state index is 0.0307. The van der Waals surface area contributed by atoms with Crippen LogP contribution < -0.4 is 5.32 Å². The third-order valence-electron chi connectivity index (χ3n) is 4.63. The molecule has 0 saturated heterocycles. The fraction of sp³-hybridized carbons (Fsp3) is 0.211. The summed E-state index contributed by atoms with van der Waals surface area (Å²) in [6.07, 6.45) is -1.54. The van der Waals surface area contributed by atoms with E-state index >= 15 is 8.78 Å². The Labute approximate surface area is 177 Å². The number of aromatic nitrogens is 5. The van der Waals surface area contributed by atoms with Crippen molar-refractivity contribution in [2.75, 3.05) is 11.9 Å². The van der Waals surface area contributed by atoms with Gasteiger partial charge in [0.2, 0.25) is 18.3 Å². The molecule has 0 amide bonds. The van der Waals surface area contributed by atoms with Crippen molar-refractivity contribution in [3.8, 4) is 0 Å². The molecule has 3 N–H and O–H groups in total. The molecule has 3 heterocycles. The minimum Gasteiger partial charge on any atom is -0.380 e. The summed E-state index contributed by atoms with van der Waals surface area (Å²) in [6, 6.07) is 7.90. The number of nitrogens with one attached hydrogen (secondary N) is 2. The number of halogens is 3. The number of aryl methyl sites for hydroxylation is 1. The van der Waals surface area contributed by atoms with E-state index in [9.17, 15) is 19.6 Å². The predicted octanol–water partition coefficient (Wildman–Crippen LogP) is 3.09. The standard InChI is InChI=1S/C19H16F3N7O3/c1-10-8-15(27-26-10)23-18-25-17(19(21,22)11-2-4-12(20)5-3-11)24-16-7-6-13(29(16)18)14(30)9-28(31)32/h2-8,14,30H,9H2,1H3,(H2,23,24,25,26,27). The van der Waals surface area contributed by atoms with Gasteiger partial charge in [-0.3, -0.25) is 19.6 Å². The molecule has 0 fully saturated rings. The molecule has 13 heteroatoms. The Morgan fingerprint density at radius 2 is 1.97 bits per heavy atom. The molecule has 1 atom stereocenters. The first-order chi connectivity index (χ1) is 15.1. The van der Waals surface area contributed by atoms with Gasteiger partial charge >= 0.3 is 5.92 Å². The van der Waals surface area contributed by atoms with Crippen molar-refractivity contribution < 1.29 is 23.2 Å². The Morgan fingerprint density at radius 3 is 2.59 bits per heavy atom. The van der Waals surface area contributed by atoms with Crippen LogP contribution in [0.1, 0.15) is 28.9 Å². The van der Waals surface area contributed by atoms with Gasteiger partial charge in [0.05, 0.1) is 5.69 Å². The third kappa shape index (κ3) is 3.97. The summed E-state index contributed by atoms with van der Waals surface area (Å²) in [5, 5.41) is 30.5. The van der Waals surface area contributed by atoms with Crippen molar-refractivity contribution >= 4 is 17.4 Å². The van der Waals surface area contributed by atoms with Gasteiger partial charge in [0.1, 0.15) is 11.5 Å². The van der Waals surface area contributed by atoms with E-state index in [-0.39, 0.29) is 23.1 Å². The monoisotopic (exact) mass is 447 g/mol. The lowest BCUT2D eigenvalue weighted by molar-refractivity contribution is -0.491. The van der Waals surface area contributed by atoms with Crippen molar-refractivity contribution in [3.63, 3.8) is 0 Å². The van der Waals surface area contributed by atoms with Crippen LogP contribution in [0.2, 0.25) is 0 Å². The molecule has 4 aromatic rings. The molecule has 0 radical (unpaired) electrons. The fourth-order valence-corrected chi connectivity index (χ4v) is 3.15. The van der Waals surface area contributed by atoms with Crippen LogP contribution in [0.25, 0.3) is 5.65 Å². The first-order valence-electron chi connectivity index (χ1n) is 9.28. The van der Waals surface area contributed by atoms with Crippen molar-refractivity contribution in [2.45, 2.75) is 19.0 Å². The van der Waals surface area contributed by atoms with Crippen molar-refractivity contribution in [2.24, 2.45) is 0 Å². The van der Waals surface area contributed by atoms with Crippen LogP contribution in [0.5, 0.6) is 0 Å². The topological polar surface area (TPSA) is 134 Å². The van der Waals surface area contributed by atoms with Crippen molar-refractivity contribution in [1.29, 1.82) is 0 Å². The number of hydrogen-bond acceptors (Lipinski definition) is 7. The maximum Gasteiger partial charge on any atom is 0.331 e. The Hall–Kier alpha value is -4.00. The van der Waals surface area contributed by atoms with Crippen molar-refractivity contribution in [1.82, 2.24) is 24.6 Å². The summed E-state index contributed by atoms with van der Waals surface area (Å²) in [5.41, 5.74) is 0.146. The molecule has 0 spiro atoms.